The van der Waals surface area contributed by atoms with Crippen molar-refractivity contribution in [3.8, 4) is 0 Å². The maximum absolute atomic E-state index is 13.7. The number of amides is 1. The van der Waals surface area contributed by atoms with Gasteiger partial charge in [0.25, 0.3) is 0 Å². The average Bonchev–Trinajstić information content (AvgIpc) is 2.90. The number of benzene rings is 2. The Morgan fingerprint density at radius 3 is 2.83 bits per heavy atom. The first-order chi connectivity index (χ1) is 11.6. The Hall–Kier alpha value is -2.18. The van der Waals surface area contributed by atoms with Crippen molar-refractivity contribution in [2.45, 2.75) is 0 Å². The SMILES string of the molecule is O=C(Nc1cccc(Cl)c1)C1CN(c2nc3c(F)cccc3s2)C1. The number of nitrogens with one attached hydrogen (secondary N) is 1. The molecule has 122 valence electrons. The largest absolute Gasteiger partial charge is 0.346 e. The topological polar surface area (TPSA) is 45.2 Å². The van der Waals surface area contributed by atoms with E-state index in [0.29, 0.717) is 29.3 Å². The van der Waals surface area contributed by atoms with Gasteiger partial charge in [-0.25, -0.2) is 9.37 Å². The summed E-state index contributed by atoms with van der Waals surface area (Å²) in [7, 11) is 0. The van der Waals surface area contributed by atoms with Crippen molar-refractivity contribution in [3.05, 3.63) is 53.3 Å². The summed E-state index contributed by atoms with van der Waals surface area (Å²) in [5.41, 5.74) is 1.08. The van der Waals surface area contributed by atoms with Crippen molar-refractivity contribution in [1.82, 2.24) is 4.98 Å². The second kappa shape index (κ2) is 6.03. The third-order valence-corrected chi connectivity index (χ3v) is 5.29. The number of hydrogen-bond donors (Lipinski definition) is 1. The van der Waals surface area contributed by atoms with Gasteiger partial charge in [-0.2, -0.15) is 0 Å². The highest BCUT2D eigenvalue weighted by Crippen LogP contribution is 2.34. The summed E-state index contributed by atoms with van der Waals surface area (Å²) in [6, 6.07) is 12.0. The first-order valence-electron chi connectivity index (χ1n) is 7.46. The molecule has 0 unspecified atom stereocenters. The van der Waals surface area contributed by atoms with Crippen LogP contribution < -0.4 is 10.2 Å². The number of aromatic nitrogens is 1. The van der Waals surface area contributed by atoms with Crippen LogP contribution in [0.1, 0.15) is 0 Å². The Morgan fingerprint density at radius 1 is 1.29 bits per heavy atom. The van der Waals surface area contributed by atoms with Crippen LogP contribution in [0.4, 0.5) is 15.2 Å². The van der Waals surface area contributed by atoms with E-state index in [1.807, 2.05) is 11.0 Å². The molecule has 1 fully saturated rings. The number of carbonyl (C=O) groups is 1. The van der Waals surface area contributed by atoms with E-state index in [-0.39, 0.29) is 17.6 Å². The van der Waals surface area contributed by atoms with Crippen LogP contribution in [0.15, 0.2) is 42.5 Å². The molecule has 0 bridgehead atoms. The van der Waals surface area contributed by atoms with Crippen LogP contribution in [-0.4, -0.2) is 24.0 Å². The minimum absolute atomic E-state index is 0.0409. The van der Waals surface area contributed by atoms with Crippen molar-refractivity contribution in [2.75, 3.05) is 23.3 Å². The number of halogens is 2. The summed E-state index contributed by atoms with van der Waals surface area (Å²) in [6.45, 7) is 1.15. The number of rotatable bonds is 3. The lowest BCUT2D eigenvalue weighted by Crippen LogP contribution is -2.52. The van der Waals surface area contributed by atoms with Gasteiger partial charge >= 0.3 is 0 Å². The van der Waals surface area contributed by atoms with Crippen LogP contribution in [0.2, 0.25) is 5.02 Å². The van der Waals surface area contributed by atoms with E-state index in [0.717, 1.165) is 9.83 Å². The lowest BCUT2D eigenvalue weighted by molar-refractivity contribution is -0.120. The molecule has 0 spiro atoms. The molecule has 4 nitrogen and oxygen atoms in total. The van der Waals surface area contributed by atoms with Crippen molar-refractivity contribution >= 4 is 49.9 Å². The summed E-state index contributed by atoms with van der Waals surface area (Å²) < 4.78 is 14.5. The highest BCUT2D eigenvalue weighted by Gasteiger charge is 2.34. The van der Waals surface area contributed by atoms with Gasteiger partial charge in [0.15, 0.2) is 5.13 Å². The highest BCUT2D eigenvalue weighted by molar-refractivity contribution is 7.22. The number of nitrogens with zero attached hydrogens (tertiary/aromatic N) is 2. The summed E-state index contributed by atoms with van der Waals surface area (Å²) in [6.07, 6.45) is 0. The predicted octanol–water partition coefficient (Wildman–Crippen LogP) is 4.16. The minimum atomic E-state index is -0.314. The molecule has 1 N–H and O–H groups in total. The van der Waals surface area contributed by atoms with E-state index in [1.54, 1.807) is 30.3 Å². The molecule has 0 saturated carbocycles. The smallest absolute Gasteiger partial charge is 0.231 e. The summed E-state index contributed by atoms with van der Waals surface area (Å²) in [5.74, 6) is -0.465. The molecule has 4 rings (SSSR count). The Kier molecular flexibility index (Phi) is 3.86. The second-order valence-electron chi connectivity index (χ2n) is 5.68. The van der Waals surface area contributed by atoms with Crippen LogP contribution in [-0.2, 0) is 4.79 Å². The molecule has 2 aromatic carbocycles. The van der Waals surface area contributed by atoms with Crippen LogP contribution in [0.3, 0.4) is 0 Å². The van der Waals surface area contributed by atoms with Gasteiger partial charge in [-0.05, 0) is 30.3 Å². The number of anilines is 2. The first kappa shape index (κ1) is 15.4. The fourth-order valence-corrected chi connectivity index (χ4v) is 3.84. The van der Waals surface area contributed by atoms with Crippen LogP contribution in [0, 0.1) is 11.7 Å². The van der Waals surface area contributed by atoms with Crippen molar-refractivity contribution < 1.29 is 9.18 Å². The Bertz CT molecular complexity index is 923. The third-order valence-electron chi connectivity index (χ3n) is 3.97. The quantitative estimate of drug-likeness (QED) is 0.761. The lowest BCUT2D eigenvalue weighted by atomic mass is 10.00. The van der Waals surface area contributed by atoms with E-state index in [4.69, 9.17) is 11.6 Å². The van der Waals surface area contributed by atoms with Gasteiger partial charge in [-0.1, -0.05) is 35.1 Å². The zero-order valence-electron chi connectivity index (χ0n) is 12.5. The van der Waals surface area contributed by atoms with Crippen molar-refractivity contribution in [3.63, 3.8) is 0 Å². The Balaban J connectivity index is 1.42. The third kappa shape index (κ3) is 2.83. The fraction of sp³-hybridized carbons (Fsp3) is 0.176. The van der Waals surface area contributed by atoms with Crippen LogP contribution in [0.25, 0.3) is 10.2 Å². The van der Waals surface area contributed by atoms with Gasteiger partial charge in [-0.15, -0.1) is 0 Å². The second-order valence-corrected chi connectivity index (χ2v) is 7.13. The van der Waals surface area contributed by atoms with E-state index in [2.05, 4.69) is 10.3 Å². The van der Waals surface area contributed by atoms with Crippen LogP contribution in [0.5, 0.6) is 0 Å². The zero-order valence-corrected chi connectivity index (χ0v) is 14.1. The van der Waals surface area contributed by atoms with Crippen molar-refractivity contribution in [1.29, 1.82) is 0 Å². The Morgan fingerprint density at radius 2 is 2.08 bits per heavy atom. The maximum atomic E-state index is 13.7. The van der Waals surface area contributed by atoms with E-state index < -0.39 is 0 Å². The molecule has 2 heterocycles. The van der Waals surface area contributed by atoms with Gasteiger partial charge in [0.1, 0.15) is 11.3 Å². The molecule has 0 radical (unpaired) electrons. The number of fused-ring (bicyclic) bond motifs is 1. The fourth-order valence-electron chi connectivity index (χ4n) is 2.65. The van der Waals surface area contributed by atoms with E-state index in [9.17, 15) is 9.18 Å². The molecule has 1 aliphatic rings. The number of hydrogen-bond acceptors (Lipinski definition) is 4. The van der Waals surface area contributed by atoms with Gasteiger partial charge in [0.05, 0.1) is 10.6 Å². The highest BCUT2D eigenvalue weighted by atomic mass is 35.5. The number of para-hydroxylation sites is 1. The number of carbonyl (C=O) groups excluding carboxylic acids is 1. The van der Waals surface area contributed by atoms with Crippen molar-refractivity contribution in [2.24, 2.45) is 5.92 Å². The normalized spacial score (nSPS) is 14.7. The molecule has 0 aliphatic carbocycles. The molecule has 1 aliphatic heterocycles. The standard InChI is InChI=1S/C17H13ClFN3OS/c18-11-3-1-4-12(7-11)20-16(23)10-8-22(9-10)17-21-15-13(19)5-2-6-14(15)24-17/h1-7,10H,8-9H2,(H,20,23). The first-order valence-corrected chi connectivity index (χ1v) is 8.66. The molecule has 1 amide bonds. The molecule has 0 atom stereocenters. The molecular formula is C17H13ClFN3OS. The molecule has 1 saturated heterocycles. The Labute approximate surface area is 146 Å². The summed E-state index contributed by atoms with van der Waals surface area (Å²) >= 11 is 7.35. The molecule has 7 heteroatoms. The molecular weight excluding hydrogens is 349 g/mol. The van der Waals surface area contributed by atoms with Gasteiger partial charge in [0.2, 0.25) is 5.91 Å². The minimum Gasteiger partial charge on any atom is -0.346 e. The zero-order chi connectivity index (χ0) is 16.7. The van der Waals surface area contributed by atoms with E-state index >= 15 is 0 Å². The molecule has 1 aromatic heterocycles. The van der Waals surface area contributed by atoms with Gasteiger partial charge in [0, 0.05) is 23.8 Å². The molecule has 3 aromatic rings. The van der Waals surface area contributed by atoms with Gasteiger partial charge in [-0.3, -0.25) is 4.79 Å². The monoisotopic (exact) mass is 361 g/mol. The van der Waals surface area contributed by atoms with Gasteiger partial charge < -0.3 is 10.2 Å². The van der Waals surface area contributed by atoms with E-state index in [1.165, 1.54) is 17.4 Å². The predicted molar refractivity (Wildman–Crippen MR) is 95.4 cm³/mol. The maximum Gasteiger partial charge on any atom is 0.231 e. The average molecular weight is 362 g/mol. The summed E-state index contributed by atoms with van der Waals surface area (Å²) in [5, 5.41) is 4.20. The summed E-state index contributed by atoms with van der Waals surface area (Å²) in [4.78, 5) is 18.6. The van der Waals surface area contributed by atoms with Crippen LogP contribution >= 0.6 is 22.9 Å². The molecule has 24 heavy (non-hydrogen) atoms. The lowest BCUT2D eigenvalue weighted by Gasteiger charge is -2.37. The number of thiazole rings is 1.